The SMILES string of the molecule is Cc1nccnc1NCC1(C)COC1. The van der Waals surface area contributed by atoms with Gasteiger partial charge in [0.05, 0.1) is 18.9 Å². The van der Waals surface area contributed by atoms with E-state index < -0.39 is 0 Å². The van der Waals surface area contributed by atoms with Gasteiger partial charge in [-0.3, -0.25) is 4.98 Å². The van der Waals surface area contributed by atoms with Crippen molar-refractivity contribution < 1.29 is 4.74 Å². The summed E-state index contributed by atoms with van der Waals surface area (Å²) in [5.74, 6) is 0.876. The van der Waals surface area contributed by atoms with Crippen molar-refractivity contribution in [3.05, 3.63) is 18.1 Å². The Morgan fingerprint density at radius 2 is 2.14 bits per heavy atom. The van der Waals surface area contributed by atoms with Gasteiger partial charge in [0.25, 0.3) is 0 Å². The molecule has 14 heavy (non-hydrogen) atoms. The van der Waals surface area contributed by atoms with Crippen LogP contribution in [-0.2, 0) is 4.74 Å². The summed E-state index contributed by atoms with van der Waals surface area (Å²) < 4.78 is 5.18. The topological polar surface area (TPSA) is 47.0 Å². The monoisotopic (exact) mass is 193 g/mol. The van der Waals surface area contributed by atoms with Gasteiger partial charge in [-0.25, -0.2) is 4.98 Å². The fraction of sp³-hybridized carbons (Fsp3) is 0.600. The minimum absolute atomic E-state index is 0.268. The van der Waals surface area contributed by atoms with Gasteiger partial charge in [-0.05, 0) is 6.92 Å². The Labute approximate surface area is 83.7 Å². The molecule has 1 fully saturated rings. The molecule has 1 aromatic rings. The molecule has 0 spiro atoms. The maximum absolute atomic E-state index is 5.18. The number of hydrogen-bond donors (Lipinski definition) is 1. The molecule has 1 aliphatic heterocycles. The van der Waals surface area contributed by atoms with Gasteiger partial charge in [-0.15, -0.1) is 0 Å². The predicted octanol–water partition coefficient (Wildman–Crippen LogP) is 1.23. The van der Waals surface area contributed by atoms with Crippen LogP contribution in [0.5, 0.6) is 0 Å². The van der Waals surface area contributed by atoms with E-state index in [2.05, 4.69) is 22.2 Å². The number of aromatic nitrogens is 2. The molecule has 4 nitrogen and oxygen atoms in total. The molecule has 0 amide bonds. The van der Waals surface area contributed by atoms with Crippen LogP contribution in [0.2, 0.25) is 0 Å². The van der Waals surface area contributed by atoms with Crippen LogP contribution in [0.15, 0.2) is 12.4 Å². The molecule has 1 aromatic heterocycles. The first-order valence-corrected chi connectivity index (χ1v) is 4.79. The van der Waals surface area contributed by atoms with Crippen LogP contribution in [0.1, 0.15) is 12.6 Å². The molecule has 0 atom stereocenters. The van der Waals surface area contributed by atoms with Crippen LogP contribution in [0, 0.1) is 12.3 Å². The highest BCUT2D eigenvalue weighted by atomic mass is 16.5. The third kappa shape index (κ3) is 1.85. The van der Waals surface area contributed by atoms with Crippen LogP contribution in [0.4, 0.5) is 5.82 Å². The maximum atomic E-state index is 5.18. The second-order valence-electron chi connectivity index (χ2n) is 4.15. The van der Waals surface area contributed by atoms with Gasteiger partial charge in [0, 0.05) is 24.4 Å². The van der Waals surface area contributed by atoms with Crippen molar-refractivity contribution in [3.63, 3.8) is 0 Å². The number of aryl methyl sites for hydroxylation is 1. The van der Waals surface area contributed by atoms with Crippen LogP contribution in [0.25, 0.3) is 0 Å². The number of hydrogen-bond acceptors (Lipinski definition) is 4. The van der Waals surface area contributed by atoms with Crippen LogP contribution in [-0.4, -0.2) is 29.7 Å². The predicted molar refractivity (Wildman–Crippen MR) is 54.2 cm³/mol. The van der Waals surface area contributed by atoms with Crippen molar-refractivity contribution >= 4 is 5.82 Å². The number of nitrogens with zero attached hydrogens (tertiary/aromatic N) is 2. The summed E-state index contributed by atoms with van der Waals surface area (Å²) >= 11 is 0. The minimum Gasteiger partial charge on any atom is -0.380 e. The van der Waals surface area contributed by atoms with Crippen molar-refractivity contribution in [1.82, 2.24) is 9.97 Å². The molecule has 0 unspecified atom stereocenters. The maximum Gasteiger partial charge on any atom is 0.147 e. The number of anilines is 1. The van der Waals surface area contributed by atoms with Crippen molar-refractivity contribution in [2.45, 2.75) is 13.8 Å². The van der Waals surface area contributed by atoms with Gasteiger partial charge in [-0.2, -0.15) is 0 Å². The summed E-state index contributed by atoms with van der Waals surface area (Å²) in [5.41, 5.74) is 1.21. The summed E-state index contributed by atoms with van der Waals surface area (Å²) in [6, 6.07) is 0. The molecule has 1 N–H and O–H groups in total. The zero-order valence-electron chi connectivity index (χ0n) is 8.58. The molecule has 4 heteroatoms. The van der Waals surface area contributed by atoms with E-state index in [0.717, 1.165) is 31.3 Å². The van der Waals surface area contributed by atoms with Gasteiger partial charge >= 0.3 is 0 Å². The molecular formula is C10H15N3O. The Balaban J connectivity index is 1.95. The average Bonchev–Trinajstić information content (AvgIpc) is 2.14. The quantitative estimate of drug-likeness (QED) is 0.784. The van der Waals surface area contributed by atoms with Crippen molar-refractivity contribution in [1.29, 1.82) is 0 Å². The molecule has 1 saturated heterocycles. The van der Waals surface area contributed by atoms with E-state index in [9.17, 15) is 0 Å². The smallest absolute Gasteiger partial charge is 0.147 e. The lowest BCUT2D eigenvalue weighted by molar-refractivity contribution is -0.0924. The average molecular weight is 193 g/mol. The molecule has 1 aliphatic rings. The minimum atomic E-state index is 0.268. The van der Waals surface area contributed by atoms with E-state index in [1.807, 2.05) is 6.92 Å². The van der Waals surface area contributed by atoms with Crippen molar-refractivity contribution in [3.8, 4) is 0 Å². The summed E-state index contributed by atoms with van der Waals surface area (Å²) in [5, 5.41) is 3.30. The van der Waals surface area contributed by atoms with E-state index >= 15 is 0 Å². The number of nitrogens with one attached hydrogen (secondary N) is 1. The third-order valence-electron chi connectivity index (χ3n) is 2.46. The molecular weight excluding hydrogens is 178 g/mol. The highest BCUT2D eigenvalue weighted by Crippen LogP contribution is 2.26. The lowest BCUT2D eigenvalue weighted by Crippen LogP contribution is -2.45. The molecule has 0 radical (unpaired) electrons. The van der Waals surface area contributed by atoms with E-state index in [0.29, 0.717) is 0 Å². The molecule has 0 aliphatic carbocycles. The Kier molecular flexibility index (Phi) is 2.37. The summed E-state index contributed by atoms with van der Waals surface area (Å²) in [7, 11) is 0. The fourth-order valence-corrected chi connectivity index (χ4v) is 1.43. The first-order chi connectivity index (χ1) is 6.70. The van der Waals surface area contributed by atoms with Crippen molar-refractivity contribution in [2.75, 3.05) is 25.1 Å². The van der Waals surface area contributed by atoms with E-state index in [-0.39, 0.29) is 5.41 Å². The van der Waals surface area contributed by atoms with Gasteiger partial charge in [0.15, 0.2) is 0 Å². The van der Waals surface area contributed by atoms with Gasteiger partial charge < -0.3 is 10.1 Å². The molecule has 2 heterocycles. The normalized spacial score (nSPS) is 18.7. The van der Waals surface area contributed by atoms with Crippen LogP contribution in [0.3, 0.4) is 0 Å². The first-order valence-electron chi connectivity index (χ1n) is 4.79. The first kappa shape index (κ1) is 9.40. The van der Waals surface area contributed by atoms with Gasteiger partial charge in [0.1, 0.15) is 5.82 Å². The zero-order valence-corrected chi connectivity index (χ0v) is 8.58. The zero-order chi connectivity index (χ0) is 10.0. The second-order valence-corrected chi connectivity index (χ2v) is 4.15. The van der Waals surface area contributed by atoms with E-state index in [1.54, 1.807) is 12.4 Å². The molecule has 76 valence electrons. The summed E-state index contributed by atoms with van der Waals surface area (Å²) in [4.78, 5) is 8.39. The Bertz CT molecular complexity index is 323. The molecule has 2 rings (SSSR count). The van der Waals surface area contributed by atoms with Gasteiger partial charge in [-0.1, -0.05) is 6.92 Å². The summed E-state index contributed by atoms with van der Waals surface area (Å²) in [6.45, 7) is 6.72. The highest BCUT2D eigenvalue weighted by molar-refractivity contribution is 5.38. The molecule has 0 bridgehead atoms. The Hall–Kier alpha value is -1.16. The standard InChI is InChI=1S/C10H15N3O/c1-8-9(12-4-3-11-8)13-5-10(2)6-14-7-10/h3-4H,5-7H2,1-2H3,(H,12,13). The fourth-order valence-electron chi connectivity index (χ4n) is 1.43. The highest BCUT2D eigenvalue weighted by Gasteiger charge is 2.33. The van der Waals surface area contributed by atoms with E-state index in [1.165, 1.54) is 0 Å². The number of rotatable bonds is 3. The summed E-state index contributed by atoms with van der Waals surface area (Å²) in [6.07, 6.45) is 3.41. The second kappa shape index (κ2) is 3.53. The van der Waals surface area contributed by atoms with Crippen LogP contribution < -0.4 is 5.32 Å². The van der Waals surface area contributed by atoms with E-state index in [4.69, 9.17) is 4.74 Å². The molecule has 0 aromatic carbocycles. The Morgan fingerprint density at radius 3 is 2.71 bits per heavy atom. The van der Waals surface area contributed by atoms with Crippen LogP contribution >= 0.6 is 0 Å². The number of ether oxygens (including phenoxy) is 1. The third-order valence-corrected chi connectivity index (χ3v) is 2.46. The largest absolute Gasteiger partial charge is 0.380 e. The molecule has 0 saturated carbocycles. The van der Waals surface area contributed by atoms with Gasteiger partial charge in [0.2, 0.25) is 0 Å². The lowest BCUT2D eigenvalue weighted by atomic mass is 9.89. The Morgan fingerprint density at radius 1 is 1.43 bits per heavy atom. The lowest BCUT2D eigenvalue weighted by Gasteiger charge is -2.38. The van der Waals surface area contributed by atoms with Crippen molar-refractivity contribution in [2.24, 2.45) is 5.41 Å².